The summed E-state index contributed by atoms with van der Waals surface area (Å²) in [6, 6.07) is 4.87. The molecule has 0 aliphatic carbocycles. The maximum absolute atomic E-state index is 12.8. The van der Waals surface area contributed by atoms with Crippen LogP contribution in [0.2, 0.25) is 28.2 Å². The van der Waals surface area contributed by atoms with Crippen molar-refractivity contribution in [3.8, 4) is 11.5 Å². The second-order valence-corrected chi connectivity index (χ2v) is 13.7. The maximum atomic E-state index is 12.8. The number of hydrogen-bond donors (Lipinski definition) is 1. The van der Waals surface area contributed by atoms with Crippen molar-refractivity contribution < 1.29 is 9.16 Å². The molecule has 0 fully saturated rings. The molecule has 0 saturated carbocycles. The molecule has 0 spiro atoms. The zero-order chi connectivity index (χ0) is 20.4. The third kappa shape index (κ3) is 5.41. The number of rotatable bonds is 7. The Morgan fingerprint density at radius 3 is 2.26 bits per heavy atom. The highest BCUT2D eigenvalue weighted by molar-refractivity contribution is 6.74. The van der Waals surface area contributed by atoms with Crippen LogP contribution in [0, 0.1) is 0 Å². The van der Waals surface area contributed by atoms with Crippen LogP contribution in [0.25, 0.3) is 0 Å². The summed E-state index contributed by atoms with van der Waals surface area (Å²) in [7, 11) is -1.85. The van der Waals surface area contributed by atoms with Gasteiger partial charge in [0, 0.05) is 10.0 Å². The Bertz CT molecular complexity index is 833. The third-order valence-electron chi connectivity index (χ3n) is 4.98. The maximum Gasteiger partial charge on any atom is 0.309 e. The summed E-state index contributed by atoms with van der Waals surface area (Å²) in [5.41, 5.74) is 0.505. The van der Waals surface area contributed by atoms with E-state index < -0.39 is 8.32 Å². The van der Waals surface area contributed by atoms with Gasteiger partial charge in [-0.1, -0.05) is 50.9 Å². The first-order chi connectivity index (χ1) is 12.4. The topological polar surface area (TPSA) is 56.2 Å². The number of aromatic amines is 1. The van der Waals surface area contributed by atoms with E-state index in [1.54, 1.807) is 18.2 Å². The van der Waals surface area contributed by atoms with Crippen LogP contribution in [0.4, 0.5) is 0 Å². The van der Waals surface area contributed by atoms with E-state index in [9.17, 15) is 4.79 Å². The number of hydrogen-bond acceptors (Lipinski definition) is 3. The van der Waals surface area contributed by atoms with Crippen LogP contribution in [-0.2, 0) is 17.4 Å². The van der Waals surface area contributed by atoms with Gasteiger partial charge < -0.3 is 9.16 Å². The van der Waals surface area contributed by atoms with Crippen molar-refractivity contribution in [1.82, 2.24) is 9.78 Å². The molecule has 2 rings (SSSR count). The molecule has 2 aromatic rings. The molecule has 0 aliphatic heterocycles. The van der Waals surface area contributed by atoms with Gasteiger partial charge in [0.15, 0.2) is 8.32 Å². The van der Waals surface area contributed by atoms with Crippen LogP contribution in [0.5, 0.6) is 11.5 Å². The summed E-state index contributed by atoms with van der Waals surface area (Å²) in [6.45, 7) is 13.8. The van der Waals surface area contributed by atoms with Crippen LogP contribution < -0.4 is 10.3 Å². The summed E-state index contributed by atoms with van der Waals surface area (Å²) < 4.78 is 13.5. The Kier molecular flexibility index (Phi) is 6.89. The van der Waals surface area contributed by atoms with Gasteiger partial charge in [-0.05, 0) is 42.8 Å². The first-order valence-electron chi connectivity index (χ1n) is 9.04. The molecule has 27 heavy (non-hydrogen) atoms. The fourth-order valence-corrected chi connectivity index (χ4v) is 3.87. The average molecular weight is 431 g/mol. The van der Waals surface area contributed by atoms with E-state index in [1.807, 2.05) is 6.92 Å². The quantitative estimate of drug-likeness (QED) is 0.559. The Labute approximate surface area is 171 Å². The predicted octanol–water partition coefficient (Wildman–Crippen LogP) is 5.86. The van der Waals surface area contributed by atoms with Crippen molar-refractivity contribution >= 4 is 31.5 Å². The van der Waals surface area contributed by atoms with Crippen molar-refractivity contribution in [2.75, 3.05) is 6.61 Å². The second kappa shape index (κ2) is 8.43. The summed E-state index contributed by atoms with van der Waals surface area (Å²) in [4.78, 5) is 12.8. The summed E-state index contributed by atoms with van der Waals surface area (Å²) in [5, 5.41) is 4.16. The number of H-pyrrole nitrogens is 1. The Hall–Kier alpha value is -1.21. The number of aromatic nitrogens is 2. The monoisotopic (exact) mass is 430 g/mol. The molecule has 1 N–H and O–H groups in total. The number of aryl methyl sites for hydroxylation is 1. The van der Waals surface area contributed by atoms with Crippen molar-refractivity contribution in [3.63, 3.8) is 0 Å². The van der Waals surface area contributed by atoms with Crippen LogP contribution >= 0.6 is 23.2 Å². The van der Waals surface area contributed by atoms with Gasteiger partial charge in [-0.15, -0.1) is 0 Å². The lowest BCUT2D eigenvalue weighted by Gasteiger charge is -2.36. The first-order valence-corrected chi connectivity index (χ1v) is 12.7. The predicted molar refractivity (Wildman–Crippen MR) is 114 cm³/mol. The molecule has 150 valence electrons. The summed E-state index contributed by atoms with van der Waals surface area (Å²) >= 11 is 12.0. The lowest BCUT2D eigenvalue weighted by molar-refractivity contribution is 0.264. The SMILES string of the molecule is CCc1[nH]n(CCO[Si](C)(C)C(C)(C)C)c(=O)c1Oc1cc(Cl)cc(Cl)c1. The number of halogens is 2. The Morgan fingerprint density at radius 2 is 1.74 bits per heavy atom. The lowest BCUT2D eigenvalue weighted by Crippen LogP contribution is -2.41. The number of benzene rings is 1. The summed E-state index contributed by atoms with van der Waals surface area (Å²) in [5.74, 6) is 0.700. The molecule has 8 heteroatoms. The standard InChI is InChI=1S/C19H28Cl2N2O3Si/c1-7-16-17(26-15-11-13(20)10-14(21)12-15)18(24)23(22-16)8-9-25-27(5,6)19(2,3)4/h10-12,22H,7-9H2,1-6H3. The molecule has 5 nitrogen and oxygen atoms in total. The van der Waals surface area contributed by atoms with E-state index in [2.05, 4.69) is 39.0 Å². The minimum Gasteiger partial charge on any atom is -0.449 e. The number of ether oxygens (including phenoxy) is 1. The first kappa shape index (κ1) is 22.1. The van der Waals surface area contributed by atoms with Gasteiger partial charge in [-0.2, -0.15) is 0 Å². The van der Waals surface area contributed by atoms with Gasteiger partial charge in [0.1, 0.15) is 5.75 Å². The highest BCUT2D eigenvalue weighted by Gasteiger charge is 2.37. The Balaban J connectivity index is 2.17. The molecule has 0 saturated heterocycles. The largest absolute Gasteiger partial charge is 0.449 e. The van der Waals surface area contributed by atoms with Gasteiger partial charge in [0.05, 0.1) is 18.8 Å². The highest BCUT2D eigenvalue weighted by atomic mass is 35.5. The zero-order valence-electron chi connectivity index (χ0n) is 16.8. The highest BCUT2D eigenvalue weighted by Crippen LogP contribution is 2.36. The third-order valence-corrected chi connectivity index (χ3v) is 9.95. The molecule has 0 unspecified atom stereocenters. The Morgan fingerprint density at radius 1 is 1.15 bits per heavy atom. The number of nitrogens with zero attached hydrogens (tertiary/aromatic N) is 1. The van der Waals surface area contributed by atoms with Crippen LogP contribution in [-0.4, -0.2) is 24.7 Å². The smallest absolute Gasteiger partial charge is 0.309 e. The van der Waals surface area contributed by atoms with Gasteiger partial charge in [-0.25, -0.2) is 4.68 Å². The van der Waals surface area contributed by atoms with E-state index in [4.69, 9.17) is 32.4 Å². The minimum atomic E-state index is -1.85. The number of nitrogens with one attached hydrogen (secondary N) is 1. The van der Waals surface area contributed by atoms with Crippen molar-refractivity contribution in [3.05, 3.63) is 44.3 Å². The van der Waals surface area contributed by atoms with Gasteiger partial charge in [-0.3, -0.25) is 9.89 Å². The van der Waals surface area contributed by atoms with Crippen molar-refractivity contribution in [1.29, 1.82) is 0 Å². The molecule has 0 bridgehead atoms. The average Bonchev–Trinajstić information content (AvgIpc) is 2.81. The fraction of sp³-hybridized carbons (Fsp3) is 0.526. The zero-order valence-corrected chi connectivity index (χ0v) is 19.3. The van der Waals surface area contributed by atoms with E-state index in [1.165, 1.54) is 4.68 Å². The van der Waals surface area contributed by atoms with E-state index >= 15 is 0 Å². The fourth-order valence-electron chi connectivity index (χ4n) is 2.33. The molecular formula is C19H28Cl2N2O3Si. The lowest BCUT2D eigenvalue weighted by atomic mass is 10.2. The minimum absolute atomic E-state index is 0.127. The van der Waals surface area contributed by atoms with Crippen molar-refractivity contribution in [2.45, 2.75) is 58.8 Å². The van der Waals surface area contributed by atoms with Gasteiger partial charge in [0.25, 0.3) is 0 Å². The molecule has 0 radical (unpaired) electrons. The molecular weight excluding hydrogens is 403 g/mol. The molecule has 0 atom stereocenters. The molecule has 1 aromatic heterocycles. The van der Waals surface area contributed by atoms with E-state index in [0.717, 1.165) is 5.69 Å². The van der Waals surface area contributed by atoms with Crippen LogP contribution in [0.15, 0.2) is 23.0 Å². The normalized spacial score (nSPS) is 12.4. The van der Waals surface area contributed by atoms with E-state index in [-0.39, 0.29) is 16.3 Å². The summed E-state index contributed by atoms with van der Waals surface area (Å²) in [6.07, 6.45) is 0.634. The molecule has 1 aromatic carbocycles. The molecule has 1 heterocycles. The second-order valence-electron chi connectivity index (χ2n) is 8.05. The van der Waals surface area contributed by atoms with E-state index in [0.29, 0.717) is 35.4 Å². The molecule has 0 aliphatic rings. The van der Waals surface area contributed by atoms with Crippen LogP contribution in [0.1, 0.15) is 33.4 Å². The van der Waals surface area contributed by atoms with Crippen molar-refractivity contribution in [2.24, 2.45) is 0 Å². The van der Waals surface area contributed by atoms with Gasteiger partial charge >= 0.3 is 5.56 Å². The van der Waals surface area contributed by atoms with Crippen LogP contribution in [0.3, 0.4) is 0 Å². The van der Waals surface area contributed by atoms with Gasteiger partial charge in [0.2, 0.25) is 5.75 Å². The molecule has 0 amide bonds.